The number of aryl methyl sites for hydroxylation is 1. The number of fused-ring (bicyclic) bond motifs is 1. The second kappa shape index (κ2) is 7.85. The fraction of sp³-hybridized carbons (Fsp3) is 0.0455. The van der Waals surface area contributed by atoms with Crippen molar-refractivity contribution in [3.63, 3.8) is 0 Å². The molecule has 0 bridgehead atoms. The normalized spacial score (nSPS) is 10.4. The van der Waals surface area contributed by atoms with Crippen LogP contribution in [0.5, 0.6) is 0 Å². The summed E-state index contributed by atoms with van der Waals surface area (Å²) in [6.07, 6.45) is 1.36. The number of hydrogen-bond acceptors (Lipinski definition) is 5. The molecule has 146 valence electrons. The number of hydrogen-bond donors (Lipinski definition) is 3. The van der Waals surface area contributed by atoms with Crippen LogP contribution in [-0.4, -0.2) is 27.0 Å². The molecule has 0 aliphatic heterocycles. The third-order valence-electron chi connectivity index (χ3n) is 4.51. The lowest BCUT2D eigenvalue weighted by atomic mass is 10.1. The van der Waals surface area contributed by atoms with Crippen molar-refractivity contribution in [2.75, 3.05) is 10.6 Å². The molecule has 4 aromatic rings. The number of carbonyl (C=O) groups is 2. The van der Waals surface area contributed by atoms with E-state index >= 15 is 0 Å². The lowest BCUT2D eigenvalue weighted by Crippen LogP contribution is -2.15. The van der Waals surface area contributed by atoms with Gasteiger partial charge in [0.05, 0.1) is 11.1 Å². The lowest BCUT2D eigenvalue weighted by molar-refractivity contribution is 0.101. The van der Waals surface area contributed by atoms with Gasteiger partial charge in [-0.05, 0) is 48.9 Å². The number of H-pyrrole nitrogens is 1. The van der Waals surface area contributed by atoms with Gasteiger partial charge in [0, 0.05) is 22.8 Å². The van der Waals surface area contributed by atoms with Gasteiger partial charge in [-0.15, -0.1) is 0 Å². The molecule has 2 heterocycles. The molecule has 0 spiro atoms. The number of amides is 2. The van der Waals surface area contributed by atoms with Crippen molar-refractivity contribution < 1.29 is 9.59 Å². The second-order valence-electron chi connectivity index (χ2n) is 6.61. The van der Waals surface area contributed by atoms with Crippen LogP contribution < -0.4 is 10.6 Å². The van der Waals surface area contributed by atoms with Gasteiger partial charge in [-0.3, -0.25) is 14.7 Å². The summed E-state index contributed by atoms with van der Waals surface area (Å²) in [5, 5.41) is 22.2. The van der Waals surface area contributed by atoms with Gasteiger partial charge in [-0.2, -0.15) is 10.4 Å². The van der Waals surface area contributed by atoms with E-state index in [1.165, 1.54) is 6.20 Å². The Morgan fingerprint density at radius 3 is 2.57 bits per heavy atom. The van der Waals surface area contributed by atoms with Gasteiger partial charge in [0.25, 0.3) is 11.8 Å². The van der Waals surface area contributed by atoms with Crippen LogP contribution in [0, 0.1) is 18.3 Å². The quantitative estimate of drug-likeness (QED) is 0.486. The summed E-state index contributed by atoms with van der Waals surface area (Å²) < 4.78 is 0. The van der Waals surface area contributed by atoms with Crippen LogP contribution in [0.1, 0.15) is 32.0 Å². The molecule has 0 radical (unpaired) electrons. The summed E-state index contributed by atoms with van der Waals surface area (Å²) in [6, 6.07) is 17.6. The number of nitriles is 1. The SMILES string of the molecule is Cc1cc(C#N)cnc1C(=O)Nc1ccc2[nH]nc(NC(=O)c3ccccc3)c2c1. The van der Waals surface area contributed by atoms with E-state index in [0.29, 0.717) is 39.1 Å². The van der Waals surface area contributed by atoms with Crippen molar-refractivity contribution >= 4 is 34.2 Å². The Morgan fingerprint density at radius 1 is 1.03 bits per heavy atom. The highest BCUT2D eigenvalue weighted by atomic mass is 16.2. The number of nitrogens with one attached hydrogen (secondary N) is 3. The van der Waals surface area contributed by atoms with Crippen LogP contribution in [0.15, 0.2) is 60.8 Å². The predicted octanol–water partition coefficient (Wildman–Crippen LogP) is 3.64. The molecule has 8 nitrogen and oxygen atoms in total. The number of benzene rings is 2. The van der Waals surface area contributed by atoms with E-state index in [0.717, 1.165) is 0 Å². The van der Waals surface area contributed by atoms with Gasteiger partial charge in [0.15, 0.2) is 5.82 Å². The maximum atomic E-state index is 12.6. The minimum atomic E-state index is -0.394. The summed E-state index contributed by atoms with van der Waals surface area (Å²) in [5.74, 6) is -0.312. The number of carbonyl (C=O) groups excluding carboxylic acids is 2. The maximum Gasteiger partial charge on any atom is 0.274 e. The summed E-state index contributed by atoms with van der Waals surface area (Å²) in [6.45, 7) is 1.72. The Balaban J connectivity index is 1.57. The van der Waals surface area contributed by atoms with Gasteiger partial charge < -0.3 is 10.6 Å². The molecule has 0 aliphatic carbocycles. The fourth-order valence-electron chi connectivity index (χ4n) is 3.02. The van der Waals surface area contributed by atoms with E-state index < -0.39 is 5.91 Å². The van der Waals surface area contributed by atoms with Gasteiger partial charge in [-0.25, -0.2) is 4.98 Å². The molecular formula is C22H16N6O2. The lowest BCUT2D eigenvalue weighted by Gasteiger charge is -2.08. The van der Waals surface area contributed by atoms with Crippen molar-refractivity contribution in [2.45, 2.75) is 6.92 Å². The van der Waals surface area contributed by atoms with Crippen molar-refractivity contribution in [1.82, 2.24) is 15.2 Å². The third kappa shape index (κ3) is 3.72. The Labute approximate surface area is 171 Å². The molecule has 0 fully saturated rings. The first-order valence-electron chi connectivity index (χ1n) is 9.08. The summed E-state index contributed by atoms with van der Waals surface area (Å²) in [4.78, 5) is 29.1. The van der Waals surface area contributed by atoms with Gasteiger partial charge in [-0.1, -0.05) is 18.2 Å². The number of aromatic nitrogens is 3. The average Bonchev–Trinajstić information content (AvgIpc) is 3.16. The zero-order valence-corrected chi connectivity index (χ0v) is 15.9. The first kappa shape index (κ1) is 18.8. The Morgan fingerprint density at radius 2 is 1.83 bits per heavy atom. The van der Waals surface area contributed by atoms with E-state index in [4.69, 9.17) is 5.26 Å². The van der Waals surface area contributed by atoms with Crippen LogP contribution in [0.25, 0.3) is 10.9 Å². The minimum absolute atomic E-state index is 0.235. The van der Waals surface area contributed by atoms with Crippen LogP contribution in [0.2, 0.25) is 0 Å². The fourth-order valence-corrected chi connectivity index (χ4v) is 3.02. The molecule has 0 atom stereocenters. The maximum absolute atomic E-state index is 12.6. The Hall–Kier alpha value is -4.51. The van der Waals surface area contributed by atoms with Crippen LogP contribution in [-0.2, 0) is 0 Å². The Bertz CT molecular complexity index is 1300. The molecule has 2 aromatic heterocycles. The van der Waals surface area contributed by atoms with E-state index in [9.17, 15) is 9.59 Å². The molecule has 3 N–H and O–H groups in total. The summed E-state index contributed by atoms with van der Waals surface area (Å²) >= 11 is 0. The van der Waals surface area contributed by atoms with Gasteiger partial charge in [0.2, 0.25) is 0 Å². The highest BCUT2D eigenvalue weighted by Crippen LogP contribution is 2.25. The Kier molecular flexibility index (Phi) is 4.93. The smallest absolute Gasteiger partial charge is 0.274 e. The number of nitrogens with zero attached hydrogens (tertiary/aromatic N) is 3. The van der Waals surface area contributed by atoms with E-state index in [1.54, 1.807) is 55.5 Å². The molecule has 0 unspecified atom stereocenters. The molecule has 0 aliphatic rings. The van der Waals surface area contributed by atoms with Crippen molar-refractivity contribution in [3.05, 3.63) is 83.2 Å². The second-order valence-corrected chi connectivity index (χ2v) is 6.61. The zero-order chi connectivity index (χ0) is 21.1. The van der Waals surface area contributed by atoms with E-state index in [-0.39, 0.29) is 11.6 Å². The average molecular weight is 396 g/mol. The standard InChI is InChI=1S/C22H16N6O2/c1-13-9-14(11-23)12-24-19(13)22(30)25-16-7-8-18-17(10-16)20(28-27-18)26-21(29)15-5-3-2-4-6-15/h2-10,12H,1H3,(H,25,30)(H2,26,27,28,29). The van der Waals surface area contributed by atoms with Crippen molar-refractivity contribution in [1.29, 1.82) is 5.26 Å². The number of aromatic amines is 1. The van der Waals surface area contributed by atoms with Crippen LogP contribution >= 0.6 is 0 Å². The van der Waals surface area contributed by atoms with Gasteiger partial charge in [0.1, 0.15) is 11.8 Å². The predicted molar refractivity (Wildman–Crippen MR) is 112 cm³/mol. The van der Waals surface area contributed by atoms with Crippen molar-refractivity contribution in [3.8, 4) is 6.07 Å². The molecule has 2 aromatic carbocycles. The van der Waals surface area contributed by atoms with E-state index in [1.807, 2.05) is 12.1 Å². The first-order valence-corrected chi connectivity index (χ1v) is 9.08. The zero-order valence-electron chi connectivity index (χ0n) is 15.9. The summed E-state index contributed by atoms with van der Waals surface area (Å²) in [5.41, 5.74) is 2.98. The third-order valence-corrected chi connectivity index (χ3v) is 4.51. The topological polar surface area (TPSA) is 124 Å². The monoisotopic (exact) mass is 396 g/mol. The highest BCUT2D eigenvalue weighted by Gasteiger charge is 2.15. The number of pyridine rings is 1. The molecule has 0 saturated carbocycles. The minimum Gasteiger partial charge on any atom is -0.321 e. The van der Waals surface area contributed by atoms with E-state index in [2.05, 4.69) is 25.8 Å². The van der Waals surface area contributed by atoms with Crippen LogP contribution in [0.4, 0.5) is 11.5 Å². The molecule has 2 amide bonds. The molecule has 4 rings (SSSR count). The van der Waals surface area contributed by atoms with Gasteiger partial charge >= 0.3 is 0 Å². The molecule has 8 heteroatoms. The number of anilines is 2. The molecular weight excluding hydrogens is 380 g/mol. The van der Waals surface area contributed by atoms with Crippen molar-refractivity contribution in [2.24, 2.45) is 0 Å². The first-order chi connectivity index (χ1) is 14.5. The number of rotatable bonds is 4. The summed E-state index contributed by atoms with van der Waals surface area (Å²) in [7, 11) is 0. The molecule has 30 heavy (non-hydrogen) atoms. The largest absolute Gasteiger partial charge is 0.321 e. The molecule has 0 saturated heterocycles. The highest BCUT2D eigenvalue weighted by molar-refractivity contribution is 6.09. The van der Waals surface area contributed by atoms with Crippen LogP contribution in [0.3, 0.4) is 0 Å².